The summed E-state index contributed by atoms with van der Waals surface area (Å²) >= 11 is 0. The lowest BCUT2D eigenvalue weighted by molar-refractivity contribution is -0.139. The van der Waals surface area contributed by atoms with Crippen molar-refractivity contribution < 1.29 is 19.4 Å². The Hall–Kier alpha value is -2.08. The van der Waals surface area contributed by atoms with Crippen LogP contribution in [0.5, 0.6) is 0 Å². The van der Waals surface area contributed by atoms with E-state index < -0.39 is 23.6 Å². The molecule has 0 aromatic heterocycles. The van der Waals surface area contributed by atoms with E-state index in [1.807, 2.05) is 20.8 Å². The zero-order chi connectivity index (χ0) is 15.9. The third kappa shape index (κ3) is 5.83. The Labute approximate surface area is 124 Å². The van der Waals surface area contributed by atoms with Crippen LogP contribution < -0.4 is 10.6 Å². The molecule has 0 radical (unpaired) electrons. The van der Waals surface area contributed by atoms with Crippen LogP contribution in [-0.4, -0.2) is 35.9 Å². The molecule has 0 saturated heterocycles. The molecule has 0 unspecified atom stereocenters. The topological polar surface area (TPSA) is 87.7 Å². The molecular weight excluding hydrogens is 272 g/mol. The number of hydrogen-bond donors (Lipinski definition) is 3. The SMILES string of the molecule is CCOC(C)(C)CNC(=O)N[C@@H](C(=O)O)c1ccccc1. The summed E-state index contributed by atoms with van der Waals surface area (Å²) < 4.78 is 5.46. The van der Waals surface area contributed by atoms with Gasteiger partial charge in [0.1, 0.15) is 0 Å². The molecular formula is C15H22N2O4. The summed E-state index contributed by atoms with van der Waals surface area (Å²) in [4.78, 5) is 23.1. The van der Waals surface area contributed by atoms with Crippen LogP contribution in [0.2, 0.25) is 0 Å². The van der Waals surface area contributed by atoms with Crippen molar-refractivity contribution in [3.05, 3.63) is 35.9 Å². The summed E-state index contributed by atoms with van der Waals surface area (Å²) in [5.74, 6) is -1.11. The number of carbonyl (C=O) groups is 2. The van der Waals surface area contributed by atoms with E-state index in [0.717, 1.165) is 0 Å². The highest BCUT2D eigenvalue weighted by molar-refractivity contribution is 5.83. The van der Waals surface area contributed by atoms with Gasteiger partial charge in [-0.2, -0.15) is 0 Å². The molecule has 6 heteroatoms. The molecule has 6 nitrogen and oxygen atoms in total. The molecule has 1 aromatic rings. The van der Waals surface area contributed by atoms with Gasteiger partial charge in [-0.3, -0.25) is 0 Å². The molecule has 0 spiro atoms. The van der Waals surface area contributed by atoms with Crippen LogP contribution in [0.3, 0.4) is 0 Å². The maximum atomic E-state index is 11.8. The van der Waals surface area contributed by atoms with Crippen molar-refractivity contribution in [1.82, 2.24) is 10.6 Å². The van der Waals surface area contributed by atoms with Crippen molar-refractivity contribution >= 4 is 12.0 Å². The first-order valence-corrected chi connectivity index (χ1v) is 6.82. The number of carboxylic acid groups (broad SMARTS) is 1. The molecule has 2 amide bonds. The standard InChI is InChI=1S/C15H22N2O4/c1-4-21-15(2,3)10-16-14(20)17-12(13(18)19)11-8-6-5-7-9-11/h5-9,12H,4,10H2,1-3H3,(H,18,19)(H2,16,17,20)/t12-/m1/s1. The summed E-state index contributed by atoms with van der Waals surface area (Å²) in [5.41, 5.74) is 0.0154. The van der Waals surface area contributed by atoms with Crippen molar-refractivity contribution in [2.24, 2.45) is 0 Å². The Morgan fingerprint density at radius 2 is 1.90 bits per heavy atom. The first kappa shape index (κ1) is 17.0. The van der Waals surface area contributed by atoms with E-state index in [1.165, 1.54) is 0 Å². The van der Waals surface area contributed by atoms with Gasteiger partial charge in [-0.15, -0.1) is 0 Å². The summed E-state index contributed by atoms with van der Waals surface area (Å²) in [6.45, 7) is 6.40. The van der Waals surface area contributed by atoms with E-state index in [1.54, 1.807) is 30.3 Å². The number of benzene rings is 1. The first-order chi connectivity index (χ1) is 9.85. The van der Waals surface area contributed by atoms with Crippen molar-refractivity contribution in [1.29, 1.82) is 0 Å². The molecule has 3 N–H and O–H groups in total. The van der Waals surface area contributed by atoms with Gasteiger partial charge in [0.05, 0.1) is 5.60 Å². The zero-order valence-corrected chi connectivity index (χ0v) is 12.6. The van der Waals surface area contributed by atoms with E-state index in [0.29, 0.717) is 12.2 Å². The molecule has 0 aliphatic heterocycles. The number of carbonyl (C=O) groups excluding carboxylic acids is 1. The lowest BCUT2D eigenvalue weighted by Gasteiger charge is -2.25. The second-order valence-corrected chi connectivity index (χ2v) is 5.20. The molecule has 116 valence electrons. The van der Waals surface area contributed by atoms with Gasteiger partial charge in [0, 0.05) is 13.2 Å². The number of carboxylic acids is 1. The molecule has 0 bridgehead atoms. The van der Waals surface area contributed by atoms with Gasteiger partial charge >= 0.3 is 12.0 Å². The predicted octanol–water partition coefficient (Wildman–Crippen LogP) is 1.93. The van der Waals surface area contributed by atoms with Crippen molar-refractivity contribution in [2.45, 2.75) is 32.4 Å². The second-order valence-electron chi connectivity index (χ2n) is 5.20. The van der Waals surface area contributed by atoms with Crippen LogP contribution in [0.4, 0.5) is 4.79 Å². The number of nitrogens with one attached hydrogen (secondary N) is 2. The average molecular weight is 294 g/mol. The zero-order valence-electron chi connectivity index (χ0n) is 12.6. The quantitative estimate of drug-likeness (QED) is 0.717. The van der Waals surface area contributed by atoms with Crippen LogP contribution in [0.1, 0.15) is 32.4 Å². The molecule has 1 atom stereocenters. The lowest BCUT2D eigenvalue weighted by Crippen LogP contribution is -2.46. The number of hydrogen-bond acceptors (Lipinski definition) is 3. The summed E-state index contributed by atoms with van der Waals surface area (Å²) in [6.07, 6.45) is 0. The normalized spacial score (nSPS) is 12.5. The van der Waals surface area contributed by atoms with Gasteiger partial charge in [-0.05, 0) is 26.3 Å². The first-order valence-electron chi connectivity index (χ1n) is 6.82. The molecule has 0 fully saturated rings. The Bertz CT molecular complexity index is 474. The smallest absolute Gasteiger partial charge is 0.330 e. The molecule has 0 saturated carbocycles. The van der Waals surface area contributed by atoms with E-state index in [2.05, 4.69) is 10.6 Å². The summed E-state index contributed by atoms with van der Waals surface area (Å²) in [7, 11) is 0. The highest BCUT2D eigenvalue weighted by Crippen LogP contribution is 2.12. The number of aliphatic carboxylic acids is 1. The van der Waals surface area contributed by atoms with Crippen LogP contribution >= 0.6 is 0 Å². The lowest BCUT2D eigenvalue weighted by atomic mass is 10.1. The number of ether oxygens (including phenoxy) is 1. The second kappa shape index (κ2) is 7.64. The van der Waals surface area contributed by atoms with Crippen molar-refractivity contribution in [3.63, 3.8) is 0 Å². The van der Waals surface area contributed by atoms with Gasteiger partial charge in [-0.1, -0.05) is 30.3 Å². The molecule has 0 heterocycles. The fourth-order valence-electron chi connectivity index (χ4n) is 1.85. The fourth-order valence-corrected chi connectivity index (χ4v) is 1.85. The third-order valence-electron chi connectivity index (χ3n) is 2.87. The minimum atomic E-state index is -1.11. The fraction of sp³-hybridized carbons (Fsp3) is 0.467. The minimum absolute atomic E-state index is 0.286. The maximum absolute atomic E-state index is 11.8. The number of amides is 2. The van der Waals surface area contributed by atoms with Gasteiger partial charge < -0.3 is 20.5 Å². The van der Waals surface area contributed by atoms with E-state index in [-0.39, 0.29) is 6.54 Å². The van der Waals surface area contributed by atoms with Gasteiger partial charge in [0.15, 0.2) is 6.04 Å². The minimum Gasteiger partial charge on any atom is -0.479 e. The summed E-state index contributed by atoms with van der Waals surface area (Å²) in [5, 5.41) is 14.3. The largest absolute Gasteiger partial charge is 0.479 e. The van der Waals surface area contributed by atoms with E-state index in [4.69, 9.17) is 4.74 Å². The van der Waals surface area contributed by atoms with Crippen molar-refractivity contribution in [3.8, 4) is 0 Å². The molecule has 1 aromatic carbocycles. The van der Waals surface area contributed by atoms with Crippen LogP contribution in [0, 0.1) is 0 Å². The van der Waals surface area contributed by atoms with Gasteiger partial charge in [-0.25, -0.2) is 9.59 Å². The molecule has 0 aliphatic carbocycles. The Morgan fingerprint density at radius 1 is 1.29 bits per heavy atom. The van der Waals surface area contributed by atoms with E-state index in [9.17, 15) is 14.7 Å². The molecule has 21 heavy (non-hydrogen) atoms. The Kier molecular flexibility index (Phi) is 6.17. The van der Waals surface area contributed by atoms with Crippen LogP contribution in [-0.2, 0) is 9.53 Å². The van der Waals surface area contributed by atoms with Gasteiger partial charge in [0.2, 0.25) is 0 Å². The van der Waals surface area contributed by atoms with E-state index >= 15 is 0 Å². The highest BCUT2D eigenvalue weighted by atomic mass is 16.5. The van der Waals surface area contributed by atoms with Gasteiger partial charge in [0.25, 0.3) is 0 Å². The van der Waals surface area contributed by atoms with Crippen molar-refractivity contribution in [2.75, 3.05) is 13.2 Å². The molecule has 1 rings (SSSR count). The molecule has 0 aliphatic rings. The third-order valence-corrected chi connectivity index (χ3v) is 2.87. The Balaban J connectivity index is 2.61. The monoisotopic (exact) mass is 294 g/mol. The predicted molar refractivity (Wildman–Crippen MR) is 79.1 cm³/mol. The van der Waals surface area contributed by atoms with Crippen LogP contribution in [0.25, 0.3) is 0 Å². The highest BCUT2D eigenvalue weighted by Gasteiger charge is 2.23. The summed E-state index contributed by atoms with van der Waals surface area (Å²) in [6, 6.07) is 6.92. The number of rotatable bonds is 7. The maximum Gasteiger partial charge on any atom is 0.330 e. The van der Waals surface area contributed by atoms with Crippen LogP contribution in [0.15, 0.2) is 30.3 Å². The average Bonchev–Trinajstić information content (AvgIpc) is 2.43. The Morgan fingerprint density at radius 3 is 2.43 bits per heavy atom. The number of urea groups is 1.